The van der Waals surface area contributed by atoms with Crippen LogP contribution in [0.2, 0.25) is 5.02 Å². The molecule has 30 heavy (non-hydrogen) atoms. The van der Waals surface area contributed by atoms with Gasteiger partial charge in [-0.05, 0) is 42.0 Å². The first-order valence-corrected chi connectivity index (χ1v) is 10.9. The van der Waals surface area contributed by atoms with E-state index in [4.69, 9.17) is 17.3 Å². The fourth-order valence-corrected chi connectivity index (χ4v) is 4.26. The number of hydrogen-bond acceptors (Lipinski definition) is 4. The predicted molar refractivity (Wildman–Crippen MR) is 117 cm³/mol. The van der Waals surface area contributed by atoms with E-state index >= 15 is 0 Å². The minimum Gasteiger partial charge on any atom is -0.367 e. The maximum atomic E-state index is 12.6. The van der Waals surface area contributed by atoms with E-state index in [2.05, 4.69) is 14.5 Å². The highest BCUT2D eigenvalue weighted by Gasteiger charge is 2.31. The molecular weight excluding hydrogens is 422 g/mol. The van der Waals surface area contributed by atoms with Crippen LogP contribution in [-0.2, 0) is 10.0 Å². The van der Waals surface area contributed by atoms with Crippen molar-refractivity contribution in [3.8, 4) is 0 Å². The second-order valence-electron chi connectivity index (χ2n) is 6.64. The summed E-state index contributed by atoms with van der Waals surface area (Å²) in [5.74, 6) is -0.296. The Hall–Kier alpha value is -3.23. The van der Waals surface area contributed by atoms with Crippen LogP contribution in [-0.4, -0.2) is 36.6 Å². The molecule has 2 aromatic carbocycles. The summed E-state index contributed by atoms with van der Waals surface area (Å²) < 4.78 is 29.0. The molecule has 1 atom stereocenters. The fourth-order valence-electron chi connectivity index (χ4n) is 3.20. The highest BCUT2D eigenvalue weighted by Crippen LogP contribution is 2.28. The van der Waals surface area contributed by atoms with E-state index in [-0.39, 0.29) is 16.8 Å². The number of nitrogens with zero attached hydrogens (tertiary/aromatic N) is 4. The summed E-state index contributed by atoms with van der Waals surface area (Å²) in [6, 6.07) is 19.3. The van der Waals surface area contributed by atoms with Crippen molar-refractivity contribution in [1.29, 1.82) is 0 Å². The second-order valence-corrected chi connectivity index (χ2v) is 8.69. The molecule has 0 saturated heterocycles. The lowest BCUT2D eigenvalue weighted by Crippen LogP contribution is -2.33. The molecule has 1 aliphatic rings. The van der Waals surface area contributed by atoms with Crippen LogP contribution in [0.4, 0.5) is 0 Å². The lowest BCUT2D eigenvalue weighted by molar-refractivity contribution is 0.470. The third kappa shape index (κ3) is 4.19. The molecule has 0 bridgehead atoms. The summed E-state index contributed by atoms with van der Waals surface area (Å²) >= 11 is 5.83. The third-order valence-corrected chi connectivity index (χ3v) is 6.23. The zero-order valence-electron chi connectivity index (χ0n) is 15.8. The number of rotatable bonds is 4. The van der Waals surface area contributed by atoms with E-state index < -0.39 is 10.0 Å². The van der Waals surface area contributed by atoms with Crippen molar-refractivity contribution in [2.45, 2.75) is 10.8 Å². The smallest absolute Gasteiger partial charge is 0.285 e. The van der Waals surface area contributed by atoms with Gasteiger partial charge in [0, 0.05) is 28.9 Å². The number of sulfonamides is 1. The molecule has 1 aromatic heterocycles. The van der Waals surface area contributed by atoms with Crippen molar-refractivity contribution in [2.24, 2.45) is 15.2 Å². The molecule has 0 saturated carbocycles. The SMILES string of the molecule is NC(=NS(=O)(=O)c1ccc(Cl)cc1)N1CC(c2ccccc2)C(c2ccncc2)=N1. The molecule has 0 spiro atoms. The van der Waals surface area contributed by atoms with Crippen molar-refractivity contribution in [2.75, 3.05) is 6.54 Å². The number of halogens is 1. The van der Waals surface area contributed by atoms with E-state index in [0.29, 0.717) is 11.6 Å². The van der Waals surface area contributed by atoms with Gasteiger partial charge in [0.15, 0.2) is 0 Å². The van der Waals surface area contributed by atoms with Gasteiger partial charge in [-0.15, -0.1) is 4.40 Å². The standard InChI is InChI=1S/C21H18ClN5O2S/c22-17-6-8-18(9-7-17)30(28,29)26-21(23)27-14-19(15-4-2-1-3-5-15)20(25-27)16-10-12-24-13-11-16/h1-13,19H,14H2,(H2,23,26). The van der Waals surface area contributed by atoms with Crippen LogP contribution in [0.15, 0.2) is 93.5 Å². The Morgan fingerprint density at radius 1 is 1.03 bits per heavy atom. The number of nitrogens with two attached hydrogens (primary N) is 1. The highest BCUT2D eigenvalue weighted by molar-refractivity contribution is 7.90. The van der Waals surface area contributed by atoms with Gasteiger partial charge >= 0.3 is 0 Å². The molecule has 152 valence electrons. The topological polar surface area (TPSA) is 101 Å². The van der Waals surface area contributed by atoms with Gasteiger partial charge < -0.3 is 5.73 Å². The van der Waals surface area contributed by atoms with Gasteiger partial charge in [0.2, 0.25) is 5.96 Å². The van der Waals surface area contributed by atoms with E-state index in [9.17, 15) is 8.42 Å². The maximum Gasteiger partial charge on any atom is 0.285 e. The van der Waals surface area contributed by atoms with Crippen LogP contribution in [0.1, 0.15) is 17.0 Å². The van der Waals surface area contributed by atoms with Gasteiger partial charge in [-0.1, -0.05) is 41.9 Å². The van der Waals surface area contributed by atoms with Gasteiger partial charge in [-0.25, -0.2) is 5.01 Å². The number of hydrazone groups is 1. The summed E-state index contributed by atoms with van der Waals surface area (Å²) in [5.41, 5.74) is 8.76. The Labute approximate surface area is 179 Å². The Bertz CT molecular complexity index is 1200. The molecule has 0 amide bonds. The molecule has 3 aromatic rings. The number of benzene rings is 2. The van der Waals surface area contributed by atoms with Crippen molar-refractivity contribution >= 4 is 33.3 Å². The minimum absolute atomic E-state index is 0.00648. The maximum absolute atomic E-state index is 12.6. The first kappa shape index (κ1) is 20.1. The molecular formula is C21H18ClN5O2S. The van der Waals surface area contributed by atoms with Crippen molar-refractivity contribution in [1.82, 2.24) is 9.99 Å². The molecule has 1 unspecified atom stereocenters. The van der Waals surface area contributed by atoms with Crippen LogP contribution < -0.4 is 5.73 Å². The van der Waals surface area contributed by atoms with E-state index in [0.717, 1.165) is 16.8 Å². The zero-order valence-corrected chi connectivity index (χ0v) is 17.3. The van der Waals surface area contributed by atoms with Crippen LogP contribution in [0.3, 0.4) is 0 Å². The Kier molecular flexibility index (Phi) is 5.52. The average molecular weight is 440 g/mol. The van der Waals surface area contributed by atoms with E-state index in [1.165, 1.54) is 29.3 Å². The van der Waals surface area contributed by atoms with Gasteiger partial charge in [0.1, 0.15) is 0 Å². The molecule has 0 radical (unpaired) electrons. The summed E-state index contributed by atoms with van der Waals surface area (Å²) in [6.45, 7) is 0.368. The normalized spacial score (nSPS) is 17.1. The highest BCUT2D eigenvalue weighted by atomic mass is 35.5. The van der Waals surface area contributed by atoms with Crippen LogP contribution >= 0.6 is 11.6 Å². The number of aromatic nitrogens is 1. The number of pyridine rings is 1. The van der Waals surface area contributed by atoms with Gasteiger partial charge in [0.05, 0.1) is 17.2 Å². The molecule has 4 rings (SSSR count). The third-order valence-electron chi connectivity index (χ3n) is 4.68. The average Bonchev–Trinajstić information content (AvgIpc) is 3.21. The molecule has 7 nitrogen and oxygen atoms in total. The molecule has 0 fully saturated rings. The minimum atomic E-state index is -3.99. The second kappa shape index (κ2) is 8.25. The van der Waals surface area contributed by atoms with Crippen molar-refractivity contribution < 1.29 is 8.42 Å². The predicted octanol–water partition coefficient (Wildman–Crippen LogP) is 3.24. The first-order valence-electron chi connectivity index (χ1n) is 9.11. The van der Waals surface area contributed by atoms with Crippen LogP contribution in [0.5, 0.6) is 0 Å². The van der Waals surface area contributed by atoms with Crippen LogP contribution in [0, 0.1) is 0 Å². The summed E-state index contributed by atoms with van der Waals surface area (Å²) in [7, 11) is -3.99. The van der Waals surface area contributed by atoms with E-state index in [1.54, 1.807) is 12.4 Å². The van der Waals surface area contributed by atoms with Gasteiger partial charge in [-0.3, -0.25) is 4.98 Å². The zero-order chi connectivity index (χ0) is 21.1. The lowest BCUT2D eigenvalue weighted by Gasteiger charge is -2.15. The summed E-state index contributed by atoms with van der Waals surface area (Å²) in [4.78, 5) is 4.06. The number of hydrogen-bond donors (Lipinski definition) is 1. The molecule has 9 heteroatoms. The Balaban J connectivity index is 1.69. The Morgan fingerprint density at radius 3 is 2.37 bits per heavy atom. The molecule has 2 heterocycles. The largest absolute Gasteiger partial charge is 0.367 e. The number of guanidine groups is 1. The fraction of sp³-hybridized carbons (Fsp3) is 0.0952. The van der Waals surface area contributed by atoms with Crippen molar-refractivity contribution in [3.05, 3.63) is 95.3 Å². The first-order chi connectivity index (χ1) is 14.4. The molecule has 1 aliphatic heterocycles. The van der Waals surface area contributed by atoms with Crippen molar-refractivity contribution in [3.63, 3.8) is 0 Å². The molecule has 0 aliphatic carbocycles. The van der Waals surface area contributed by atoms with Gasteiger partial charge in [0.25, 0.3) is 10.0 Å². The van der Waals surface area contributed by atoms with Gasteiger partial charge in [-0.2, -0.15) is 13.5 Å². The molecule has 2 N–H and O–H groups in total. The quantitative estimate of drug-likeness (QED) is 0.496. The van der Waals surface area contributed by atoms with E-state index in [1.807, 2.05) is 42.5 Å². The summed E-state index contributed by atoms with van der Waals surface area (Å²) in [5, 5.41) is 6.44. The Morgan fingerprint density at radius 2 is 1.70 bits per heavy atom. The van der Waals surface area contributed by atoms with Crippen LogP contribution in [0.25, 0.3) is 0 Å². The summed E-state index contributed by atoms with van der Waals surface area (Å²) in [6.07, 6.45) is 3.37. The lowest BCUT2D eigenvalue weighted by atomic mass is 9.91. The monoisotopic (exact) mass is 439 g/mol.